The third kappa shape index (κ3) is 2.90. The second kappa shape index (κ2) is 5.23. The number of furan rings is 1. The molecule has 1 aliphatic rings. The number of hydrogen-bond acceptors (Lipinski definition) is 3. The molecular weight excluding hydrogens is 286 g/mol. The summed E-state index contributed by atoms with van der Waals surface area (Å²) < 4.78 is 5.82. The minimum atomic E-state index is -0.287. The Morgan fingerprint density at radius 2 is 2.18 bits per heavy atom. The van der Waals surface area contributed by atoms with Gasteiger partial charge in [0.1, 0.15) is 0 Å². The van der Waals surface area contributed by atoms with E-state index in [2.05, 4.69) is 15.9 Å². The lowest BCUT2D eigenvalue weighted by atomic mass is 9.92. The highest BCUT2D eigenvalue weighted by Crippen LogP contribution is 2.23. The van der Waals surface area contributed by atoms with Crippen LogP contribution in [0.2, 0.25) is 0 Å². The number of carbonyl (C=O) groups excluding carboxylic acids is 1. The van der Waals surface area contributed by atoms with Gasteiger partial charge in [0.15, 0.2) is 10.4 Å². The zero-order valence-electron chi connectivity index (χ0n) is 9.73. The molecule has 1 aliphatic heterocycles. The fourth-order valence-electron chi connectivity index (χ4n) is 2.17. The summed E-state index contributed by atoms with van der Waals surface area (Å²) in [6.07, 6.45) is 1.42. The highest BCUT2D eigenvalue weighted by atomic mass is 79.9. The molecule has 0 bridgehead atoms. The van der Waals surface area contributed by atoms with Crippen molar-refractivity contribution in [2.24, 2.45) is 5.92 Å². The van der Waals surface area contributed by atoms with Crippen LogP contribution in [0.3, 0.4) is 0 Å². The van der Waals surface area contributed by atoms with Crippen molar-refractivity contribution in [3.05, 3.63) is 22.6 Å². The Morgan fingerprint density at radius 1 is 1.53 bits per heavy atom. The van der Waals surface area contributed by atoms with Crippen molar-refractivity contribution in [3.8, 4) is 0 Å². The first-order valence-electron chi connectivity index (χ1n) is 5.80. The summed E-state index contributed by atoms with van der Waals surface area (Å²) in [6.45, 7) is 3.19. The van der Waals surface area contributed by atoms with E-state index in [1.54, 1.807) is 17.0 Å². The number of likely N-dealkylation sites (tertiary alicyclic amines) is 1. The average molecular weight is 302 g/mol. The van der Waals surface area contributed by atoms with Gasteiger partial charge in [-0.05, 0) is 53.7 Å². The van der Waals surface area contributed by atoms with Crippen molar-refractivity contribution in [2.45, 2.75) is 25.9 Å². The zero-order valence-corrected chi connectivity index (χ0v) is 11.3. The molecular formula is C12H16BrNO3. The molecule has 0 aromatic carbocycles. The van der Waals surface area contributed by atoms with Crippen molar-refractivity contribution in [2.75, 3.05) is 13.1 Å². The number of piperidine rings is 1. The molecule has 2 heterocycles. The van der Waals surface area contributed by atoms with E-state index >= 15 is 0 Å². The minimum absolute atomic E-state index is 0.0697. The van der Waals surface area contributed by atoms with Crippen LogP contribution in [0.5, 0.6) is 0 Å². The molecule has 1 N–H and O–H groups in total. The number of nitrogens with zero attached hydrogens (tertiary/aromatic N) is 1. The summed E-state index contributed by atoms with van der Waals surface area (Å²) in [5.41, 5.74) is 0. The quantitative estimate of drug-likeness (QED) is 0.912. The van der Waals surface area contributed by atoms with Crippen LogP contribution < -0.4 is 0 Å². The van der Waals surface area contributed by atoms with Gasteiger partial charge in [0.2, 0.25) is 0 Å². The lowest BCUT2D eigenvalue weighted by molar-refractivity contribution is 0.0497. The number of carbonyl (C=O) groups is 1. The Kier molecular flexibility index (Phi) is 3.89. The van der Waals surface area contributed by atoms with Gasteiger partial charge in [0.05, 0.1) is 6.10 Å². The van der Waals surface area contributed by atoms with Crippen molar-refractivity contribution in [1.29, 1.82) is 0 Å². The van der Waals surface area contributed by atoms with Gasteiger partial charge in [-0.25, -0.2) is 0 Å². The van der Waals surface area contributed by atoms with E-state index in [9.17, 15) is 9.90 Å². The first-order chi connectivity index (χ1) is 8.08. The number of aliphatic hydroxyl groups is 1. The topological polar surface area (TPSA) is 53.7 Å². The van der Waals surface area contributed by atoms with Crippen molar-refractivity contribution in [3.63, 3.8) is 0 Å². The third-order valence-electron chi connectivity index (χ3n) is 3.29. The van der Waals surface area contributed by atoms with E-state index in [0.29, 0.717) is 29.4 Å². The lowest BCUT2D eigenvalue weighted by Crippen LogP contribution is -2.40. The number of amides is 1. The molecule has 1 fully saturated rings. The van der Waals surface area contributed by atoms with Crippen LogP contribution in [-0.2, 0) is 0 Å². The predicted octanol–water partition coefficient (Wildman–Crippen LogP) is 2.28. The number of halogens is 1. The molecule has 94 valence electrons. The van der Waals surface area contributed by atoms with E-state index in [0.717, 1.165) is 12.8 Å². The largest absolute Gasteiger partial charge is 0.444 e. The van der Waals surface area contributed by atoms with Gasteiger partial charge in [-0.2, -0.15) is 0 Å². The molecule has 0 radical (unpaired) electrons. The standard InChI is InChI=1S/C12H16BrNO3/c1-8(15)9-4-6-14(7-5-9)12(16)10-2-3-11(13)17-10/h2-3,8-9,15H,4-7H2,1H3. The van der Waals surface area contributed by atoms with E-state index in [1.807, 2.05) is 6.92 Å². The SMILES string of the molecule is CC(O)C1CCN(C(=O)c2ccc(Br)o2)CC1. The molecule has 1 amide bonds. The second-order valence-electron chi connectivity index (χ2n) is 4.47. The van der Waals surface area contributed by atoms with Gasteiger partial charge in [-0.15, -0.1) is 0 Å². The first-order valence-corrected chi connectivity index (χ1v) is 6.60. The second-order valence-corrected chi connectivity index (χ2v) is 5.26. The van der Waals surface area contributed by atoms with Crippen molar-refractivity contribution >= 4 is 21.8 Å². The summed E-state index contributed by atoms with van der Waals surface area (Å²) in [5.74, 6) is 0.606. The Bertz CT molecular complexity index is 394. The summed E-state index contributed by atoms with van der Waals surface area (Å²) in [5, 5.41) is 9.49. The van der Waals surface area contributed by atoms with Crippen LogP contribution in [0, 0.1) is 5.92 Å². The van der Waals surface area contributed by atoms with Gasteiger partial charge in [0, 0.05) is 13.1 Å². The Balaban J connectivity index is 1.95. The molecule has 1 unspecified atom stereocenters. The van der Waals surface area contributed by atoms with Crippen LogP contribution in [0.4, 0.5) is 0 Å². The molecule has 1 aromatic heterocycles. The Labute approximate surface area is 109 Å². The fraction of sp³-hybridized carbons (Fsp3) is 0.583. The van der Waals surface area contributed by atoms with Gasteiger partial charge in [0.25, 0.3) is 5.91 Å². The van der Waals surface area contributed by atoms with Crippen LogP contribution in [0.1, 0.15) is 30.3 Å². The van der Waals surface area contributed by atoms with Crippen LogP contribution in [0.15, 0.2) is 21.2 Å². The van der Waals surface area contributed by atoms with Gasteiger partial charge in [-0.1, -0.05) is 0 Å². The molecule has 1 atom stereocenters. The van der Waals surface area contributed by atoms with Crippen molar-refractivity contribution < 1.29 is 14.3 Å². The van der Waals surface area contributed by atoms with Crippen LogP contribution >= 0.6 is 15.9 Å². The Hall–Kier alpha value is -0.810. The normalized spacial score (nSPS) is 19.4. The van der Waals surface area contributed by atoms with Crippen molar-refractivity contribution in [1.82, 2.24) is 4.90 Å². The zero-order chi connectivity index (χ0) is 12.4. The number of aliphatic hydroxyl groups excluding tert-OH is 1. The first kappa shape index (κ1) is 12.6. The van der Waals surface area contributed by atoms with Gasteiger partial charge >= 0.3 is 0 Å². The molecule has 2 rings (SSSR count). The molecule has 1 aromatic rings. The molecule has 1 saturated heterocycles. The highest BCUT2D eigenvalue weighted by molar-refractivity contribution is 9.10. The smallest absolute Gasteiger partial charge is 0.289 e. The van der Waals surface area contributed by atoms with E-state index in [1.165, 1.54) is 0 Å². The molecule has 0 spiro atoms. The lowest BCUT2D eigenvalue weighted by Gasteiger charge is -2.32. The maximum atomic E-state index is 12.0. The van der Waals surface area contributed by atoms with E-state index in [-0.39, 0.29) is 12.0 Å². The van der Waals surface area contributed by atoms with Gasteiger partial charge < -0.3 is 14.4 Å². The third-order valence-corrected chi connectivity index (χ3v) is 3.72. The predicted molar refractivity (Wildman–Crippen MR) is 66.7 cm³/mol. The maximum absolute atomic E-state index is 12.0. The van der Waals surface area contributed by atoms with Gasteiger partial charge in [-0.3, -0.25) is 4.79 Å². The monoisotopic (exact) mass is 301 g/mol. The Morgan fingerprint density at radius 3 is 2.65 bits per heavy atom. The molecule has 5 heteroatoms. The summed E-state index contributed by atoms with van der Waals surface area (Å²) >= 11 is 3.18. The molecule has 0 saturated carbocycles. The molecule has 4 nitrogen and oxygen atoms in total. The molecule has 0 aliphatic carbocycles. The van der Waals surface area contributed by atoms with E-state index < -0.39 is 0 Å². The highest BCUT2D eigenvalue weighted by Gasteiger charge is 2.27. The van der Waals surface area contributed by atoms with E-state index in [4.69, 9.17) is 4.42 Å². The molecule has 17 heavy (non-hydrogen) atoms. The fourth-order valence-corrected chi connectivity index (χ4v) is 2.48. The summed E-state index contributed by atoms with van der Waals surface area (Å²) in [7, 11) is 0. The summed E-state index contributed by atoms with van der Waals surface area (Å²) in [6, 6.07) is 3.39. The number of hydrogen-bond donors (Lipinski definition) is 1. The number of rotatable bonds is 2. The van der Waals surface area contributed by atoms with Crippen LogP contribution in [-0.4, -0.2) is 35.1 Å². The maximum Gasteiger partial charge on any atom is 0.289 e. The average Bonchev–Trinajstić information content (AvgIpc) is 2.75. The minimum Gasteiger partial charge on any atom is -0.444 e. The summed E-state index contributed by atoms with van der Waals surface area (Å²) in [4.78, 5) is 13.8. The van der Waals surface area contributed by atoms with Crippen LogP contribution in [0.25, 0.3) is 0 Å².